The molecule has 0 aromatic carbocycles. The van der Waals surface area contributed by atoms with Crippen LogP contribution in [0.5, 0.6) is 0 Å². The summed E-state index contributed by atoms with van der Waals surface area (Å²) in [5, 5.41) is 0. The molecule has 0 aliphatic heterocycles. The van der Waals surface area contributed by atoms with Gasteiger partial charge in [-0.15, -0.1) is 0 Å². The number of hydrogen-bond donors (Lipinski definition) is 0. The summed E-state index contributed by atoms with van der Waals surface area (Å²) in [6.07, 6.45) is 6.49. The molecule has 0 N–H and O–H groups in total. The van der Waals surface area contributed by atoms with Crippen LogP contribution in [0.25, 0.3) is 0 Å². The summed E-state index contributed by atoms with van der Waals surface area (Å²) in [4.78, 5) is 0. The molecule has 1 aliphatic carbocycles. The molecule has 0 heterocycles. The lowest BCUT2D eigenvalue weighted by molar-refractivity contribution is 0.397. The molecule has 1 rings (SSSR count). The van der Waals surface area contributed by atoms with Crippen LogP contribution in [-0.2, 0) is 0 Å². The van der Waals surface area contributed by atoms with Gasteiger partial charge in [-0.05, 0) is 31.6 Å². The third-order valence-electron chi connectivity index (χ3n) is 2.03. The van der Waals surface area contributed by atoms with Crippen LogP contribution in [0.15, 0.2) is 11.6 Å². The molecule has 0 unspecified atom stereocenters. The summed E-state index contributed by atoms with van der Waals surface area (Å²) in [6.45, 7) is 6.87. The van der Waals surface area contributed by atoms with Gasteiger partial charge in [-0.25, -0.2) is 0 Å². The molecule has 10 heavy (non-hydrogen) atoms. The second kappa shape index (κ2) is 3.23. The Morgan fingerprint density at radius 3 is 2.30 bits per heavy atom. The molecule has 0 aromatic rings. The number of hydrogen-bond acceptors (Lipinski definition) is 0. The van der Waals surface area contributed by atoms with Gasteiger partial charge in [0.15, 0.2) is 0 Å². The SMILES string of the molecule is C.CC1=CC(C)(C)CCC1. The summed E-state index contributed by atoms with van der Waals surface area (Å²) in [5.41, 5.74) is 2.06. The zero-order valence-electron chi connectivity index (χ0n) is 6.70. The van der Waals surface area contributed by atoms with Crippen LogP contribution >= 0.6 is 0 Å². The van der Waals surface area contributed by atoms with Crippen LogP contribution < -0.4 is 0 Å². The van der Waals surface area contributed by atoms with E-state index in [4.69, 9.17) is 0 Å². The minimum absolute atomic E-state index is 0. The summed E-state index contributed by atoms with van der Waals surface area (Å²) in [7, 11) is 0. The van der Waals surface area contributed by atoms with Gasteiger partial charge >= 0.3 is 0 Å². The van der Waals surface area contributed by atoms with Crippen molar-refractivity contribution in [2.75, 3.05) is 0 Å². The van der Waals surface area contributed by atoms with Crippen LogP contribution in [-0.4, -0.2) is 0 Å². The maximum Gasteiger partial charge on any atom is -0.0172 e. The topological polar surface area (TPSA) is 0 Å². The van der Waals surface area contributed by atoms with E-state index in [0.29, 0.717) is 5.41 Å². The predicted molar refractivity (Wildman–Crippen MR) is 48.1 cm³/mol. The standard InChI is InChI=1S/C9H16.CH4/c1-8-5-4-6-9(2,3)7-8;/h7H,4-6H2,1-3H3;1H4. The number of allylic oxidation sites excluding steroid dienone is 2. The highest BCUT2D eigenvalue weighted by Crippen LogP contribution is 2.32. The van der Waals surface area contributed by atoms with Crippen molar-refractivity contribution >= 4 is 0 Å². The first-order valence-corrected chi connectivity index (χ1v) is 3.78. The Morgan fingerprint density at radius 2 is 2.00 bits per heavy atom. The first kappa shape index (κ1) is 9.74. The normalized spacial score (nSPS) is 22.9. The maximum absolute atomic E-state index is 2.41. The van der Waals surface area contributed by atoms with E-state index in [9.17, 15) is 0 Å². The van der Waals surface area contributed by atoms with Gasteiger partial charge in [-0.3, -0.25) is 0 Å². The van der Waals surface area contributed by atoms with Crippen LogP contribution in [0.3, 0.4) is 0 Å². The highest BCUT2D eigenvalue weighted by molar-refractivity contribution is 5.08. The van der Waals surface area contributed by atoms with E-state index in [0.717, 1.165) is 0 Å². The highest BCUT2D eigenvalue weighted by atomic mass is 14.2. The van der Waals surface area contributed by atoms with Gasteiger partial charge in [-0.2, -0.15) is 0 Å². The Morgan fingerprint density at radius 1 is 1.40 bits per heavy atom. The van der Waals surface area contributed by atoms with Gasteiger partial charge in [-0.1, -0.05) is 32.9 Å². The van der Waals surface area contributed by atoms with Gasteiger partial charge in [0.2, 0.25) is 0 Å². The van der Waals surface area contributed by atoms with Crippen molar-refractivity contribution in [3.05, 3.63) is 11.6 Å². The van der Waals surface area contributed by atoms with E-state index >= 15 is 0 Å². The first-order chi connectivity index (χ1) is 4.10. The van der Waals surface area contributed by atoms with Crippen molar-refractivity contribution in [2.24, 2.45) is 5.41 Å². The Hall–Kier alpha value is -0.260. The second-order valence-electron chi connectivity index (χ2n) is 3.83. The zero-order chi connectivity index (χ0) is 6.91. The van der Waals surface area contributed by atoms with Crippen molar-refractivity contribution in [2.45, 2.75) is 47.5 Å². The van der Waals surface area contributed by atoms with E-state index in [1.807, 2.05) is 0 Å². The second-order valence-corrected chi connectivity index (χ2v) is 3.83. The Labute approximate surface area is 65.3 Å². The Bertz CT molecular complexity index is 129. The summed E-state index contributed by atoms with van der Waals surface area (Å²) in [5.74, 6) is 0. The van der Waals surface area contributed by atoms with Gasteiger partial charge < -0.3 is 0 Å². The van der Waals surface area contributed by atoms with Crippen molar-refractivity contribution < 1.29 is 0 Å². The third kappa shape index (κ3) is 2.55. The minimum atomic E-state index is 0. The lowest BCUT2D eigenvalue weighted by Crippen LogP contribution is -2.11. The summed E-state index contributed by atoms with van der Waals surface area (Å²) >= 11 is 0. The molecule has 0 fully saturated rings. The minimum Gasteiger partial charge on any atom is -0.0799 e. The molecule has 0 aromatic heterocycles. The zero-order valence-corrected chi connectivity index (χ0v) is 6.70. The van der Waals surface area contributed by atoms with Crippen molar-refractivity contribution in [3.8, 4) is 0 Å². The quantitative estimate of drug-likeness (QED) is 0.449. The predicted octanol–water partition coefficient (Wildman–Crippen LogP) is 3.78. The average Bonchev–Trinajstić information content (AvgIpc) is 1.60. The van der Waals surface area contributed by atoms with Crippen LogP contribution in [0.1, 0.15) is 47.5 Å². The van der Waals surface area contributed by atoms with Gasteiger partial charge in [0.25, 0.3) is 0 Å². The molecule has 0 saturated heterocycles. The van der Waals surface area contributed by atoms with Gasteiger partial charge in [0.05, 0.1) is 0 Å². The molecule has 0 saturated carbocycles. The molecular formula is C10H20. The molecule has 0 spiro atoms. The van der Waals surface area contributed by atoms with Crippen molar-refractivity contribution in [3.63, 3.8) is 0 Å². The molecule has 0 atom stereocenters. The Balaban J connectivity index is 0.000000810. The molecule has 0 heteroatoms. The monoisotopic (exact) mass is 140 g/mol. The van der Waals surface area contributed by atoms with E-state index in [1.54, 1.807) is 5.57 Å². The van der Waals surface area contributed by atoms with E-state index in [-0.39, 0.29) is 7.43 Å². The average molecular weight is 140 g/mol. The summed E-state index contributed by atoms with van der Waals surface area (Å²) < 4.78 is 0. The van der Waals surface area contributed by atoms with Gasteiger partial charge in [0, 0.05) is 0 Å². The Kier molecular flexibility index (Phi) is 3.14. The molecule has 1 aliphatic rings. The molecule has 0 radical (unpaired) electrons. The molecule has 0 amide bonds. The lowest BCUT2D eigenvalue weighted by Gasteiger charge is -2.25. The van der Waals surface area contributed by atoms with Crippen LogP contribution in [0, 0.1) is 5.41 Å². The largest absolute Gasteiger partial charge is 0.0799 e. The fraction of sp³-hybridized carbons (Fsp3) is 0.800. The van der Waals surface area contributed by atoms with E-state index < -0.39 is 0 Å². The highest BCUT2D eigenvalue weighted by Gasteiger charge is 2.17. The molecule has 60 valence electrons. The number of rotatable bonds is 0. The van der Waals surface area contributed by atoms with Crippen molar-refractivity contribution in [1.29, 1.82) is 0 Å². The molecule has 0 bridgehead atoms. The first-order valence-electron chi connectivity index (χ1n) is 3.78. The molecular weight excluding hydrogens is 120 g/mol. The smallest absolute Gasteiger partial charge is 0.0172 e. The van der Waals surface area contributed by atoms with Crippen LogP contribution in [0.2, 0.25) is 0 Å². The van der Waals surface area contributed by atoms with Gasteiger partial charge in [0.1, 0.15) is 0 Å². The van der Waals surface area contributed by atoms with Crippen molar-refractivity contribution in [1.82, 2.24) is 0 Å². The van der Waals surface area contributed by atoms with E-state index in [1.165, 1.54) is 19.3 Å². The van der Waals surface area contributed by atoms with Crippen LogP contribution in [0.4, 0.5) is 0 Å². The lowest BCUT2D eigenvalue weighted by atomic mass is 9.80. The fourth-order valence-electron chi connectivity index (χ4n) is 1.63. The van der Waals surface area contributed by atoms with E-state index in [2.05, 4.69) is 26.8 Å². The molecule has 0 nitrogen and oxygen atoms in total. The fourth-order valence-corrected chi connectivity index (χ4v) is 1.63. The third-order valence-corrected chi connectivity index (χ3v) is 2.03. The summed E-state index contributed by atoms with van der Waals surface area (Å²) in [6, 6.07) is 0. The maximum atomic E-state index is 2.41.